The van der Waals surface area contributed by atoms with E-state index >= 15 is 0 Å². The van der Waals surface area contributed by atoms with E-state index in [1.54, 1.807) is 16.8 Å². The van der Waals surface area contributed by atoms with Crippen LogP contribution in [0.5, 0.6) is 0 Å². The SMILES string of the molecule is Clc1nsc2nccn12. The van der Waals surface area contributed by atoms with Crippen molar-refractivity contribution in [2.24, 2.45) is 0 Å². The maximum Gasteiger partial charge on any atom is 0.220 e. The van der Waals surface area contributed by atoms with E-state index in [9.17, 15) is 0 Å². The highest BCUT2D eigenvalue weighted by molar-refractivity contribution is 7.11. The molecule has 5 heteroatoms. The molecule has 0 saturated carbocycles. The molecule has 0 aromatic carbocycles. The third-order valence-corrected chi connectivity index (χ3v) is 2.10. The molecular formula is C4H2ClN3S. The number of fused-ring (bicyclic) bond motifs is 1. The van der Waals surface area contributed by atoms with Gasteiger partial charge in [0.1, 0.15) is 0 Å². The van der Waals surface area contributed by atoms with Crippen molar-refractivity contribution in [3.63, 3.8) is 0 Å². The summed E-state index contributed by atoms with van der Waals surface area (Å²) >= 11 is 6.93. The third-order valence-electron chi connectivity index (χ3n) is 1.01. The second-order valence-corrected chi connectivity index (χ2v) is 2.60. The normalized spacial score (nSPS) is 10.8. The van der Waals surface area contributed by atoms with Gasteiger partial charge in [0, 0.05) is 23.9 Å². The molecule has 0 aliphatic heterocycles. The Morgan fingerprint density at radius 3 is 3.33 bits per heavy atom. The number of imidazole rings is 1. The molecule has 0 N–H and O–H groups in total. The second-order valence-electron chi connectivity index (χ2n) is 1.53. The zero-order valence-electron chi connectivity index (χ0n) is 4.28. The molecule has 0 fully saturated rings. The Balaban J connectivity index is 2.99. The lowest BCUT2D eigenvalue weighted by Gasteiger charge is -1.76. The number of halogens is 1. The van der Waals surface area contributed by atoms with Gasteiger partial charge in [0.2, 0.25) is 10.2 Å². The average molecular weight is 160 g/mol. The van der Waals surface area contributed by atoms with Gasteiger partial charge in [-0.05, 0) is 11.6 Å². The molecule has 0 radical (unpaired) electrons. The van der Waals surface area contributed by atoms with Gasteiger partial charge in [-0.15, -0.1) is 0 Å². The predicted octanol–water partition coefficient (Wildman–Crippen LogP) is 1.44. The van der Waals surface area contributed by atoms with Crippen molar-refractivity contribution < 1.29 is 0 Å². The first-order chi connectivity index (χ1) is 4.38. The second kappa shape index (κ2) is 1.68. The minimum Gasteiger partial charge on any atom is -0.264 e. The van der Waals surface area contributed by atoms with Gasteiger partial charge in [-0.2, -0.15) is 4.37 Å². The Hall–Kier alpha value is -0.610. The van der Waals surface area contributed by atoms with Crippen LogP contribution in [-0.2, 0) is 0 Å². The number of hydrogen-bond acceptors (Lipinski definition) is 3. The van der Waals surface area contributed by atoms with E-state index in [0.717, 1.165) is 4.96 Å². The molecule has 0 spiro atoms. The Kier molecular flexibility index (Phi) is 0.972. The van der Waals surface area contributed by atoms with Crippen LogP contribution in [-0.4, -0.2) is 13.8 Å². The summed E-state index contributed by atoms with van der Waals surface area (Å²) in [5.41, 5.74) is 0. The van der Waals surface area contributed by atoms with E-state index in [-0.39, 0.29) is 0 Å². The highest BCUT2D eigenvalue weighted by atomic mass is 35.5. The maximum absolute atomic E-state index is 5.64. The van der Waals surface area contributed by atoms with Gasteiger partial charge in [-0.25, -0.2) is 4.98 Å². The Bertz CT molecular complexity index is 325. The van der Waals surface area contributed by atoms with Gasteiger partial charge in [0.05, 0.1) is 0 Å². The number of nitrogens with zero attached hydrogens (tertiary/aromatic N) is 3. The van der Waals surface area contributed by atoms with Gasteiger partial charge >= 0.3 is 0 Å². The molecule has 2 aromatic heterocycles. The van der Waals surface area contributed by atoms with Crippen molar-refractivity contribution in [1.82, 2.24) is 13.8 Å². The highest BCUT2D eigenvalue weighted by Gasteiger charge is 1.99. The van der Waals surface area contributed by atoms with Crippen LogP contribution in [0.15, 0.2) is 12.4 Å². The van der Waals surface area contributed by atoms with Gasteiger partial charge in [-0.1, -0.05) is 0 Å². The molecule has 9 heavy (non-hydrogen) atoms. The number of hydrogen-bond donors (Lipinski definition) is 0. The van der Waals surface area contributed by atoms with Crippen LogP contribution in [0.1, 0.15) is 0 Å². The first kappa shape index (κ1) is 5.20. The fraction of sp³-hybridized carbons (Fsp3) is 0. The molecule has 0 aliphatic carbocycles. The van der Waals surface area contributed by atoms with Gasteiger partial charge in [0.25, 0.3) is 0 Å². The summed E-state index contributed by atoms with van der Waals surface area (Å²) in [5.74, 6) is 0. The van der Waals surface area contributed by atoms with Crippen molar-refractivity contribution in [2.45, 2.75) is 0 Å². The minimum atomic E-state index is 0.479. The van der Waals surface area contributed by atoms with Crippen LogP contribution >= 0.6 is 23.1 Å². The molecule has 0 atom stereocenters. The average Bonchev–Trinajstić information content (AvgIpc) is 2.35. The van der Waals surface area contributed by atoms with Crippen LogP contribution in [0, 0.1) is 0 Å². The lowest BCUT2D eigenvalue weighted by molar-refractivity contribution is 1.18. The molecule has 0 aliphatic rings. The highest BCUT2D eigenvalue weighted by Crippen LogP contribution is 2.13. The van der Waals surface area contributed by atoms with E-state index in [0.29, 0.717) is 5.28 Å². The summed E-state index contributed by atoms with van der Waals surface area (Å²) in [6, 6.07) is 0. The molecule has 2 aromatic rings. The summed E-state index contributed by atoms with van der Waals surface area (Å²) in [5, 5.41) is 0.479. The van der Waals surface area contributed by atoms with Gasteiger partial charge in [-0.3, -0.25) is 4.40 Å². The van der Waals surface area contributed by atoms with Crippen LogP contribution in [0.25, 0.3) is 4.96 Å². The van der Waals surface area contributed by atoms with Crippen molar-refractivity contribution in [3.8, 4) is 0 Å². The minimum absolute atomic E-state index is 0.479. The van der Waals surface area contributed by atoms with Crippen molar-refractivity contribution >= 4 is 28.1 Å². The summed E-state index contributed by atoms with van der Waals surface area (Å²) in [6.07, 6.45) is 3.47. The zero-order chi connectivity index (χ0) is 6.27. The molecule has 3 nitrogen and oxygen atoms in total. The van der Waals surface area contributed by atoms with Crippen LogP contribution in [0.4, 0.5) is 0 Å². The van der Waals surface area contributed by atoms with E-state index < -0.39 is 0 Å². The lowest BCUT2D eigenvalue weighted by Crippen LogP contribution is -1.73. The maximum atomic E-state index is 5.64. The third kappa shape index (κ3) is 0.635. The standard InChI is InChI=1S/C4H2ClN3S/c5-3-7-9-4-6-1-2-8(3)4/h1-2H. The Labute approximate surface area is 60.1 Å². The smallest absolute Gasteiger partial charge is 0.220 e. The molecule has 0 unspecified atom stereocenters. The Morgan fingerprint density at radius 1 is 1.67 bits per heavy atom. The fourth-order valence-electron chi connectivity index (χ4n) is 0.620. The summed E-state index contributed by atoms with van der Waals surface area (Å²) in [6.45, 7) is 0. The van der Waals surface area contributed by atoms with Crippen molar-refractivity contribution in [1.29, 1.82) is 0 Å². The molecule has 2 heterocycles. The largest absolute Gasteiger partial charge is 0.264 e. The van der Waals surface area contributed by atoms with Crippen LogP contribution in [0.2, 0.25) is 5.28 Å². The molecule has 46 valence electrons. The Morgan fingerprint density at radius 2 is 2.56 bits per heavy atom. The first-order valence-corrected chi connectivity index (χ1v) is 3.47. The van der Waals surface area contributed by atoms with E-state index in [1.165, 1.54) is 11.5 Å². The van der Waals surface area contributed by atoms with Gasteiger partial charge < -0.3 is 0 Å². The van der Waals surface area contributed by atoms with Crippen molar-refractivity contribution in [2.75, 3.05) is 0 Å². The molecule has 0 amide bonds. The zero-order valence-corrected chi connectivity index (χ0v) is 5.85. The lowest BCUT2D eigenvalue weighted by atomic mass is 10.9. The van der Waals surface area contributed by atoms with E-state index in [2.05, 4.69) is 9.36 Å². The predicted molar refractivity (Wildman–Crippen MR) is 35.9 cm³/mol. The fourth-order valence-corrected chi connectivity index (χ4v) is 1.50. The van der Waals surface area contributed by atoms with E-state index in [4.69, 9.17) is 11.6 Å². The van der Waals surface area contributed by atoms with Crippen LogP contribution in [0.3, 0.4) is 0 Å². The summed E-state index contributed by atoms with van der Waals surface area (Å²) in [7, 11) is 0. The van der Waals surface area contributed by atoms with E-state index in [1.807, 2.05) is 0 Å². The summed E-state index contributed by atoms with van der Waals surface area (Å²) < 4.78 is 5.59. The quantitative estimate of drug-likeness (QED) is 0.583. The number of rotatable bonds is 0. The van der Waals surface area contributed by atoms with Gasteiger partial charge in [0.15, 0.2) is 0 Å². The summed E-state index contributed by atoms with van der Waals surface area (Å²) in [4.78, 5) is 4.81. The first-order valence-electron chi connectivity index (χ1n) is 2.32. The van der Waals surface area contributed by atoms with Crippen molar-refractivity contribution in [3.05, 3.63) is 17.7 Å². The molecular weight excluding hydrogens is 158 g/mol. The molecule has 2 rings (SSSR count). The monoisotopic (exact) mass is 159 g/mol. The van der Waals surface area contributed by atoms with Crippen LogP contribution < -0.4 is 0 Å². The molecule has 0 saturated heterocycles. The molecule has 0 bridgehead atoms. The topological polar surface area (TPSA) is 30.2 Å². The number of aromatic nitrogens is 3.